The van der Waals surface area contributed by atoms with Crippen LogP contribution in [0.3, 0.4) is 0 Å². The second-order valence-electron chi connectivity index (χ2n) is 1.73. The molecule has 9 heavy (non-hydrogen) atoms. The molecule has 0 unspecified atom stereocenters. The Bertz CT molecular complexity index is 148. The van der Waals surface area contributed by atoms with Crippen LogP contribution in [0.25, 0.3) is 0 Å². The van der Waals surface area contributed by atoms with Crippen molar-refractivity contribution >= 4 is 9.84 Å². The minimum Gasteiger partial charge on any atom is -0.384 e. The molecule has 0 heterocycles. The molecule has 0 aromatic heterocycles. The molecule has 0 atom stereocenters. The first-order chi connectivity index (χ1) is 4.12. The Morgan fingerprint density at radius 2 is 2.00 bits per heavy atom. The minimum atomic E-state index is -2.81. The number of methoxy groups -OCH3 is 1. The first-order valence-electron chi connectivity index (χ1n) is 2.81. The summed E-state index contributed by atoms with van der Waals surface area (Å²) in [6.07, 6.45) is 0. The summed E-state index contributed by atoms with van der Waals surface area (Å²) in [6, 6.07) is 0. The predicted octanol–water partition coefficient (Wildman–Crippen LogP) is 0.0675. The molecule has 0 aromatic carbocycles. The Kier molecular flexibility index (Phi) is 3.81. The Morgan fingerprint density at radius 3 is 2.33 bits per heavy atom. The Balaban J connectivity index is 3.61. The van der Waals surface area contributed by atoms with Gasteiger partial charge in [-0.15, -0.1) is 0 Å². The van der Waals surface area contributed by atoms with Crippen LogP contribution in [0.2, 0.25) is 0 Å². The molecule has 0 amide bonds. The van der Waals surface area contributed by atoms with Crippen molar-refractivity contribution in [2.75, 3.05) is 25.2 Å². The van der Waals surface area contributed by atoms with Gasteiger partial charge in [0.05, 0.1) is 12.4 Å². The van der Waals surface area contributed by atoms with E-state index >= 15 is 0 Å². The van der Waals surface area contributed by atoms with E-state index in [1.54, 1.807) is 6.92 Å². The summed E-state index contributed by atoms with van der Waals surface area (Å²) >= 11 is 0. The molecule has 56 valence electrons. The van der Waals surface area contributed by atoms with Gasteiger partial charge in [-0.1, -0.05) is 6.92 Å². The van der Waals surface area contributed by atoms with E-state index in [1.165, 1.54) is 7.11 Å². The van der Waals surface area contributed by atoms with Crippen LogP contribution < -0.4 is 0 Å². The zero-order chi connectivity index (χ0) is 7.33. The monoisotopic (exact) mass is 152 g/mol. The van der Waals surface area contributed by atoms with Crippen molar-refractivity contribution in [1.29, 1.82) is 0 Å². The molecule has 0 N–H and O–H groups in total. The van der Waals surface area contributed by atoms with Crippen molar-refractivity contribution in [3.8, 4) is 0 Å². The van der Waals surface area contributed by atoms with Crippen molar-refractivity contribution in [2.45, 2.75) is 6.92 Å². The van der Waals surface area contributed by atoms with E-state index in [9.17, 15) is 8.42 Å². The molecule has 0 aliphatic rings. The maximum atomic E-state index is 10.7. The van der Waals surface area contributed by atoms with Gasteiger partial charge in [-0.2, -0.15) is 0 Å². The van der Waals surface area contributed by atoms with Gasteiger partial charge >= 0.3 is 0 Å². The lowest BCUT2D eigenvalue weighted by atomic mass is 10.9. The molecule has 0 aromatic rings. The fourth-order valence-corrected chi connectivity index (χ4v) is 1.06. The fourth-order valence-electron chi connectivity index (χ4n) is 0.355. The quantitative estimate of drug-likeness (QED) is 0.572. The summed E-state index contributed by atoms with van der Waals surface area (Å²) in [5.41, 5.74) is 0. The van der Waals surface area contributed by atoms with Gasteiger partial charge in [-0.05, 0) is 0 Å². The molecule has 0 rings (SSSR count). The molecule has 3 nitrogen and oxygen atoms in total. The van der Waals surface area contributed by atoms with E-state index in [0.717, 1.165) is 0 Å². The average Bonchev–Trinajstić information content (AvgIpc) is 1.84. The highest BCUT2D eigenvalue weighted by atomic mass is 32.2. The lowest BCUT2D eigenvalue weighted by Crippen LogP contribution is -2.12. The van der Waals surface area contributed by atoms with Crippen LogP contribution in [0.1, 0.15) is 6.92 Å². The van der Waals surface area contributed by atoms with Crippen LogP contribution in [0.4, 0.5) is 0 Å². The van der Waals surface area contributed by atoms with Crippen molar-refractivity contribution in [3.63, 3.8) is 0 Å². The Labute approximate surface area is 55.9 Å². The zero-order valence-electron chi connectivity index (χ0n) is 5.75. The van der Waals surface area contributed by atoms with Crippen LogP contribution in [-0.2, 0) is 14.6 Å². The van der Waals surface area contributed by atoms with Crippen LogP contribution in [-0.4, -0.2) is 33.6 Å². The number of sulfone groups is 1. The average molecular weight is 152 g/mol. The highest BCUT2D eigenvalue weighted by Gasteiger charge is 2.04. The number of hydrogen-bond acceptors (Lipinski definition) is 3. The standard InChI is InChI=1S/C5H12O3S/c1-3-9(6,7)5-4-8-2/h3-5H2,1-2H3. The third-order valence-corrected chi connectivity index (χ3v) is 2.71. The molecule has 0 spiro atoms. The SMILES string of the molecule is CCS(=O)(=O)CCOC. The van der Waals surface area contributed by atoms with Crippen LogP contribution in [0.15, 0.2) is 0 Å². The van der Waals surface area contributed by atoms with Gasteiger partial charge in [0, 0.05) is 12.9 Å². The topological polar surface area (TPSA) is 43.4 Å². The molecule has 0 saturated carbocycles. The summed E-state index contributed by atoms with van der Waals surface area (Å²) in [5, 5.41) is 0. The fraction of sp³-hybridized carbons (Fsp3) is 1.00. The van der Waals surface area contributed by atoms with E-state index in [-0.39, 0.29) is 11.5 Å². The van der Waals surface area contributed by atoms with Crippen molar-refractivity contribution in [2.24, 2.45) is 0 Å². The van der Waals surface area contributed by atoms with Crippen LogP contribution in [0, 0.1) is 0 Å². The molecular formula is C5H12O3S. The van der Waals surface area contributed by atoms with E-state index in [4.69, 9.17) is 0 Å². The highest BCUT2D eigenvalue weighted by Crippen LogP contribution is 1.87. The lowest BCUT2D eigenvalue weighted by Gasteiger charge is -1.97. The zero-order valence-corrected chi connectivity index (χ0v) is 6.57. The van der Waals surface area contributed by atoms with Crippen molar-refractivity contribution in [1.82, 2.24) is 0 Å². The van der Waals surface area contributed by atoms with E-state index < -0.39 is 9.84 Å². The molecule has 0 radical (unpaired) electrons. The molecule has 0 aliphatic carbocycles. The van der Waals surface area contributed by atoms with Gasteiger partial charge in [0.2, 0.25) is 0 Å². The summed E-state index contributed by atoms with van der Waals surface area (Å²) in [4.78, 5) is 0. The lowest BCUT2D eigenvalue weighted by molar-refractivity contribution is 0.217. The maximum Gasteiger partial charge on any atom is 0.152 e. The van der Waals surface area contributed by atoms with Crippen molar-refractivity contribution < 1.29 is 13.2 Å². The Hall–Kier alpha value is -0.0900. The molecule has 0 saturated heterocycles. The van der Waals surface area contributed by atoms with Gasteiger partial charge in [-0.25, -0.2) is 8.42 Å². The minimum absolute atomic E-state index is 0.139. The maximum absolute atomic E-state index is 10.7. The Morgan fingerprint density at radius 1 is 1.44 bits per heavy atom. The third-order valence-electron chi connectivity index (χ3n) is 1.04. The summed E-state index contributed by atoms with van der Waals surface area (Å²) in [7, 11) is -1.32. The number of rotatable bonds is 4. The molecule has 4 heteroatoms. The van der Waals surface area contributed by atoms with Crippen LogP contribution >= 0.6 is 0 Å². The largest absolute Gasteiger partial charge is 0.384 e. The second kappa shape index (κ2) is 3.85. The molecular weight excluding hydrogens is 140 g/mol. The molecule has 0 aliphatic heterocycles. The summed E-state index contributed by atoms with van der Waals surface area (Å²) in [6.45, 7) is 1.93. The van der Waals surface area contributed by atoms with E-state index in [0.29, 0.717) is 6.61 Å². The van der Waals surface area contributed by atoms with E-state index in [1.807, 2.05) is 0 Å². The smallest absolute Gasteiger partial charge is 0.152 e. The molecule has 0 bridgehead atoms. The first-order valence-corrected chi connectivity index (χ1v) is 4.64. The predicted molar refractivity (Wildman–Crippen MR) is 36.2 cm³/mol. The van der Waals surface area contributed by atoms with Gasteiger partial charge in [0.15, 0.2) is 9.84 Å². The molecule has 0 fully saturated rings. The van der Waals surface area contributed by atoms with Gasteiger partial charge in [0.1, 0.15) is 0 Å². The van der Waals surface area contributed by atoms with Gasteiger partial charge < -0.3 is 4.74 Å². The van der Waals surface area contributed by atoms with Gasteiger partial charge in [0.25, 0.3) is 0 Å². The first kappa shape index (κ1) is 8.91. The van der Waals surface area contributed by atoms with Gasteiger partial charge in [-0.3, -0.25) is 0 Å². The summed E-state index contributed by atoms with van der Waals surface area (Å²) < 4.78 is 26.0. The van der Waals surface area contributed by atoms with Crippen molar-refractivity contribution in [3.05, 3.63) is 0 Å². The highest BCUT2D eigenvalue weighted by molar-refractivity contribution is 7.91. The summed E-state index contributed by atoms with van der Waals surface area (Å²) in [5.74, 6) is 0.344. The van der Waals surface area contributed by atoms with E-state index in [2.05, 4.69) is 4.74 Å². The second-order valence-corrected chi connectivity index (χ2v) is 4.20. The van der Waals surface area contributed by atoms with Crippen LogP contribution in [0.5, 0.6) is 0 Å². The normalized spacial score (nSPS) is 11.8. The number of ether oxygens (including phenoxy) is 1. The third kappa shape index (κ3) is 4.42. The number of hydrogen-bond donors (Lipinski definition) is 0.